The fraction of sp³-hybridized carbons (Fsp3) is 0.769. The van der Waals surface area contributed by atoms with Gasteiger partial charge < -0.3 is 16.2 Å². The molecule has 4 heteroatoms. The van der Waals surface area contributed by atoms with Crippen molar-refractivity contribution in [2.45, 2.75) is 44.2 Å². The molecule has 96 valence electrons. The number of hydrogen-bond donors (Lipinski definition) is 3. The number of carbonyl (C=O) groups is 1. The summed E-state index contributed by atoms with van der Waals surface area (Å²) < 4.78 is 0. The molecular formula is C13H22N2O2. The van der Waals surface area contributed by atoms with E-state index in [-0.39, 0.29) is 29.9 Å². The Kier molecular flexibility index (Phi) is 4.18. The maximum Gasteiger partial charge on any atom is 0.227 e. The van der Waals surface area contributed by atoms with E-state index in [1.54, 1.807) is 0 Å². The average Bonchev–Trinajstić information content (AvgIpc) is 2.74. The van der Waals surface area contributed by atoms with E-state index in [1.807, 2.05) is 12.2 Å². The first-order valence-corrected chi connectivity index (χ1v) is 6.56. The van der Waals surface area contributed by atoms with Crippen LogP contribution < -0.4 is 11.1 Å². The standard InChI is InChI=1S/C13H22N2O2/c14-11-6-5-9(7-11)13(17)15-8-10-3-1-2-4-12(10)16/h5-6,9-12,16H,1-4,7-8,14H2,(H,15,17). The van der Waals surface area contributed by atoms with Crippen molar-refractivity contribution in [1.82, 2.24) is 5.32 Å². The molecule has 4 atom stereocenters. The van der Waals surface area contributed by atoms with Crippen molar-refractivity contribution < 1.29 is 9.90 Å². The van der Waals surface area contributed by atoms with Crippen LogP contribution in [0.1, 0.15) is 32.1 Å². The van der Waals surface area contributed by atoms with Crippen LogP contribution >= 0.6 is 0 Å². The number of aliphatic hydroxyl groups excluding tert-OH is 1. The van der Waals surface area contributed by atoms with Crippen LogP contribution in [0.25, 0.3) is 0 Å². The average molecular weight is 238 g/mol. The summed E-state index contributed by atoms with van der Waals surface area (Å²) in [4.78, 5) is 11.8. The van der Waals surface area contributed by atoms with Gasteiger partial charge in [0, 0.05) is 18.5 Å². The second kappa shape index (κ2) is 5.65. The first-order chi connectivity index (χ1) is 8.16. The zero-order valence-electron chi connectivity index (χ0n) is 10.1. The summed E-state index contributed by atoms with van der Waals surface area (Å²) in [6.45, 7) is 0.597. The van der Waals surface area contributed by atoms with Crippen LogP contribution in [0.2, 0.25) is 0 Å². The van der Waals surface area contributed by atoms with Gasteiger partial charge in [-0.25, -0.2) is 0 Å². The van der Waals surface area contributed by atoms with Crippen LogP contribution in [0.3, 0.4) is 0 Å². The van der Waals surface area contributed by atoms with Gasteiger partial charge in [-0.3, -0.25) is 4.79 Å². The highest BCUT2D eigenvalue weighted by Gasteiger charge is 2.26. The summed E-state index contributed by atoms with van der Waals surface area (Å²) in [6.07, 6.45) is 8.38. The van der Waals surface area contributed by atoms with Gasteiger partial charge >= 0.3 is 0 Å². The molecule has 2 rings (SSSR count). The minimum Gasteiger partial charge on any atom is -0.393 e. The molecular weight excluding hydrogens is 216 g/mol. The van der Waals surface area contributed by atoms with E-state index in [4.69, 9.17) is 5.73 Å². The highest BCUT2D eigenvalue weighted by atomic mass is 16.3. The van der Waals surface area contributed by atoms with Gasteiger partial charge in [0.1, 0.15) is 0 Å². The molecule has 0 heterocycles. The molecule has 0 aromatic heterocycles. The summed E-state index contributed by atoms with van der Waals surface area (Å²) >= 11 is 0. The highest BCUT2D eigenvalue weighted by Crippen LogP contribution is 2.24. The number of nitrogens with two attached hydrogens (primary N) is 1. The zero-order chi connectivity index (χ0) is 12.3. The molecule has 1 saturated carbocycles. The lowest BCUT2D eigenvalue weighted by atomic mass is 9.86. The SMILES string of the molecule is NC1C=CC(C(=O)NCC2CCCCC2O)C1. The Morgan fingerprint density at radius 3 is 2.76 bits per heavy atom. The Labute approximate surface area is 102 Å². The maximum absolute atomic E-state index is 11.8. The van der Waals surface area contributed by atoms with Gasteiger partial charge in [-0.05, 0) is 19.3 Å². The number of aliphatic hydroxyl groups is 1. The minimum absolute atomic E-state index is 0.0195. The summed E-state index contributed by atoms with van der Waals surface area (Å²) in [5.41, 5.74) is 5.72. The van der Waals surface area contributed by atoms with Gasteiger partial charge in [-0.15, -0.1) is 0 Å². The summed E-state index contributed by atoms with van der Waals surface area (Å²) in [6, 6.07) is 0.0195. The number of hydrogen-bond acceptors (Lipinski definition) is 3. The van der Waals surface area contributed by atoms with Crippen LogP contribution in [-0.4, -0.2) is 29.7 Å². The van der Waals surface area contributed by atoms with Gasteiger partial charge in [0.25, 0.3) is 0 Å². The normalized spacial score (nSPS) is 37.1. The molecule has 0 aromatic rings. The monoisotopic (exact) mass is 238 g/mol. The fourth-order valence-corrected chi connectivity index (χ4v) is 2.71. The van der Waals surface area contributed by atoms with Gasteiger partial charge in [0.2, 0.25) is 5.91 Å². The molecule has 0 bridgehead atoms. The molecule has 2 aliphatic carbocycles. The van der Waals surface area contributed by atoms with Crippen LogP contribution in [0.4, 0.5) is 0 Å². The Morgan fingerprint density at radius 2 is 2.12 bits per heavy atom. The zero-order valence-corrected chi connectivity index (χ0v) is 10.1. The quantitative estimate of drug-likeness (QED) is 0.629. The van der Waals surface area contributed by atoms with E-state index in [0.29, 0.717) is 13.0 Å². The van der Waals surface area contributed by atoms with Gasteiger partial charge in [-0.2, -0.15) is 0 Å². The molecule has 4 N–H and O–H groups in total. The lowest BCUT2D eigenvalue weighted by Gasteiger charge is -2.28. The van der Waals surface area contributed by atoms with E-state index in [0.717, 1.165) is 25.7 Å². The Balaban J connectivity index is 1.74. The molecule has 0 radical (unpaired) electrons. The molecule has 0 aliphatic heterocycles. The molecule has 1 amide bonds. The van der Waals surface area contributed by atoms with Crippen LogP contribution in [0, 0.1) is 11.8 Å². The number of rotatable bonds is 3. The van der Waals surface area contributed by atoms with Crippen LogP contribution in [-0.2, 0) is 4.79 Å². The van der Waals surface area contributed by atoms with Crippen LogP contribution in [0.5, 0.6) is 0 Å². The number of nitrogens with one attached hydrogen (secondary N) is 1. The maximum atomic E-state index is 11.8. The Bertz CT molecular complexity index is 304. The van der Waals surface area contributed by atoms with Gasteiger partial charge in [0.15, 0.2) is 0 Å². The highest BCUT2D eigenvalue weighted by molar-refractivity contribution is 5.81. The van der Waals surface area contributed by atoms with Crippen molar-refractivity contribution in [2.75, 3.05) is 6.54 Å². The summed E-state index contributed by atoms with van der Waals surface area (Å²) in [7, 11) is 0. The lowest BCUT2D eigenvalue weighted by molar-refractivity contribution is -0.124. The van der Waals surface area contributed by atoms with Crippen molar-refractivity contribution in [2.24, 2.45) is 17.6 Å². The fourth-order valence-electron chi connectivity index (χ4n) is 2.71. The van der Waals surface area contributed by atoms with Crippen molar-refractivity contribution >= 4 is 5.91 Å². The first-order valence-electron chi connectivity index (χ1n) is 6.56. The van der Waals surface area contributed by atoms with E-state index in [2.05, 4.69) is 5.32 Å². The topological polar surface area (TPSA) is 75.4 Å². The van der Waals surface area contributed by atoms with Crippen molar-refractivity contribution in [3.05, 3.63) is 12.2 Å². The predicted molar refractivity (Wildman–Crippen MR) is 66.2 cm³/mol. The molecule has 4 unspecified atom stereocenters. The summed E-state index contributed by atoms with van der Waals surface area (Å²) in [5.74, 6) is 0.199. The van der Waals surface area contributed by atoms with E-state index in [9.17, 15) is 9.90 Å². The van der Waals surface area contributed by atoms with Crippen molar-refractivity contribution in [3.8, 4) is 0 Å². The molecule has 17 heavy (non-hydrogen) atoms. The third-order valence-corrected chi connectivity index (χ3v) is 3.86. The van der Waals surface area contributed by atoms with Crippen LogP contribution in [0.15, 0.2) is 12.2 Å². The smallest absolute Gasteiger partial charge is 0.227 e. The Morgan fingerprint density at radius 1 is 1.35 bits per heavy atom. The number of amides is 1. The van der Waals surface area contributed by atoms with Crippen molar-refractivity contribution in [3.63, 3.8) is 0 Å². The van der Waals surface area contributed by atoms with Gasteiger partial charge in [0.05, 0.1) is 12.0 Å². The third kappa shape index (κ3) is 3.30. The third-order valence-electron chi connectivity index (χ3n) is 3.86. The second-order valence-corrected chi connectivity index (χ2v) is 5.25. The molecule has 0 aromatic carbocycles. The lowest BCUT2D eigenvalue weighted by Crippen LogP contribution is -2.39. The predicted octanol–water partition coefficient (Wildman–Crippen LogP) is 0.557. The van der Waals surface area contributed by atoms with Gasteiger partial charge in [-0.1, -0.05) is 25.0 Å². The summed E-state index contributed by atoms with van der Waals surface area (Å²) in [5, 5.41) is 12.7. The van der Waals surface area contributed by atoms with E-state index >= 15 is 0 Å². The molecule has 0 spiro atoms. The van der Waals surface area contributed by atoms with E-state index < -0.39 is 0 Å². The number of carbonyl (C=O) groups excluding carboxylic acids is 1. The minimum atomic E-state index is -0.245. The van der Waals surface area contributed by atoms with E-state index in [1.165, 1.54) is 0 Å². The second-order valence-electron chi connectivity index (χ2n) is 5.25. The first kappa shape index (κ1) is 12.6. The molecule has 4 nitrogen and oxygen atoms in total. The molecule has 0 saturated heterocycles. The molecule has 1 fully saturated rings. The Hall–Kier alpha value is -0.870. The molecule has 2 aliphatic rings. The van der Waals surface area contributed by atoms with Crippen molar-refractivity contribution in [1.29, 1.82) is 0 Å². The largest absolute Gasteiger partial charge is 0.393 e.